The van der Waals surface area contributed by atoms with Crippen molar-refractivity contribution in [3.8, 4) is 0 Å². The Morgan fingerprint density at radius 1 is 0.406 bits per heavy atom. The molecule has 4 aliphatic carbocycles. The summed E-state index contributed by atoms with van der Waals surface area (Å²) in [6.07, 6.45) is 13.3. The maximum Gasteiger partial charge on any atom is -0.0221 e. The lowest BCUT2D eigenvalue weighted by atomic mass is 9.90. The van der Waals surface area contributed by atoms with Crippen LogP contribution < -0.4 is 0 Å². The molecule has 32 heavy (non-hydrogen) atoms. The SMILES string of the molecule is C(=C\c1cc2ccc1CCc1ccc(cc1/C=C/c1ccccc1)CC2)/c1ccccc1. The summed E-state index contributed by atoms with van der Waals surface area (Å²) in [6, 6.07) is 35.2. The first-order valence-electron chi connectivity index (χ1n) is 11.5. The molecular weight excluding hydrogens is 384 g/mol. The zero-order valence-electron chi connectivity index (χ0n) is 18.4. The Labute approximate surface area is 191 Å². The van der Waals surface area contributed by atoms with E-state index in [4.69, 9.17) is 0 Å². The molecule has 0 fully saturated rings. The van der Waals surface area contributed by atoms with E-state index in [1.165, 1.54) is 44.5 Å². The highest BCUT2D eigenvalue weighted by Gasteiger charge is 2.09. The highest BCUT2D eigenvalue weighted by molar-refractivity contribution is 5.73. The molecule has 4 aromatic rings. The van der Waals surface area contributed by atoms with Gasteiger partial charge in [-0.3, -0.25) is 0 Å². The molecule has 4 aliphatic rings. The van der Waals surface area contributed by atoms with Crippen molar-refractivity contribution in [1.29, 1.82) is 0 Å². The molecule has 0 heterocycles. The zero-order valence-corrected chi connectivity index (χ0v) is 18.4. The van der Waals surface area contributed by atoms with E-state index in [0.717, 1.165) is 25.7 Å². The lowest BCUT2D eigenvalue weighted by molar-refractivity contribution is 0.917. The highest BCUT2D eigenvalue weighted by Crippen LogP contribution is 2.24. The number of aryl methyl sites for hydroxylation is 4. The van der Waals surface area contributed by atoms with Gasteiger partial charge < -0.3 is 0 Å². The number of benzene rings is 4. The van der Waals surface area contributed by atoms with Crippen LogP contribution in [0.15, 0.2) is 97.1 Å². The minimum atomic E-state index is 1.04. The van der Waals surface area contributed by atoms with Crippen molar-refractivity contribution in [3.05, 3.63) is 142 Å². The fraction of sp³-hybridized carbons (Fsp3) is 0.125. The summed E-state index contributed by atoms with van der Waals surface area (Å²) in [5, 5.41) is 0. The van der Waals surface area contributed by atoms with Gasteiger partial charge in [-0.1, -0.05) is 121 Å². The van der Waals surface area contributed by atoms with Crippen LogP contribution in [0.5, 0.6) is 0 Å². The van der Waals surface area contributed by atoms with Gasteiger partial charge in [0.2, 0.25) is 0 Å². The maximum absolute atomic E-state index is 2.39. The van der Waals surface area contributed by atoms with Crippen LogP contribution in [0.2, 0.25) is 0 Å². The summed E-state index contributed by atoms with van der Waals surface area (Å²) in [6.45, 7) is 0. The van der Waals surface area contributed by atoms with Crippen molar-refractivity contribution in [2.45, 2.75) is 25.7 Å². The van der Waals surface area contributed by atoms with Crippen LogP contribution in [0.25, 0.3) is 24.3 Å². The second-order valence-electron chi connectivity index (χ2n) is 8.55. The Kier molecular flexibility index (Phi) is 6.12. The Balaban J connectivity index is 1.45. The molecule has 8 rings (SSSR count). The minimum Gasteiger partial charge on any atom is -0.0622 e. The molecule has 0 radical (unpaired) electrons. The molecule has 0 atom stereocenters. The topological polar surface area (TPSA) is 0 Å². The zero-order chi connectivity index (χ0) is 21.6. The van der Waals surface area contributed by atoms with Crippen molar-refractivity contribution in [2.75, 3.05) is 0 Å². The van der Waals surface area contributed by atoms with Gasteiger partial charge in [-0.2, -0.15) is 0 Å². The van der Waals surface area contributed by atoms with Gasteiger partial charge >= 0.3 is 0 Å². The predicted octanol–water partition coefficient (Wildman–Crippen LogP) is 7.91. The summed E-state index contributed by atoms with van der Waals surface area (Å²) in [4.78, 5) is 0. The van der Waals surface area contributed by atoms with Crippen LogP contribution in [0.3, 0.4) is 0 Å². The van der Waals surface area contributed by atoms with Crippen LogP contribution >= 0.6 is 0 Å². The van der Waals surface area contributed by atoms with Crippen LogP contribution in [-0.2, 0) is 25.7 Å². The summed E-state index contributed by atoms with van der Waals surface area (Å²) in [5.74, 6) is 0. The Morgan fingerprint density at radius 3 is 1.28 bits per heavy atom. The molecule has 156 valence electrons. The second kappa shape index (κ2) is 9.66. The standard InChI is InChI=1S/C32H28/c1-3-7-25(8-4-1)13-19-31-23-27-11-12-28-16-18-30(22-21-29(31)17-15-27)32(24-28)20-14-26-9-5-2-6-10-26/h1-10,13-20,23-24H,11-12,21-22H2/b19-13+,20-14+. The molecule has 4 aromatic carbocycles. The first-order valence-corrected chi connectivity index (χ1v) is 11.5. The van der Waals surface area contributed by atoms with Gasteiger partial charge in [0.25, 0.3) is 0 Å². The van der Waals surface area contributed by atoms with Gasteiger partial charge in [0, 0.05) is 0 Å². The Hall–Kier alpha value is -3.64. The fourth-order valence-corrected chi connectivity index (χ4v) is 4.42. The van der Waals surface area contributed by atoms with E-state index in [0.29, 0.717) is 0 Å². The smallest absolute Gasteiger partial charge is 0.0221 e. The van der Waals surface area contributed by atoms with Gasteiger partial charge in [-0.15, -0.1) is 0 Å². The van der Waals surface area contributed by atoms with Gasteiger partial charge in [0.05, 0.1) is 0 Å². The molecular formula is C32H28. The lowest BCUT2D eigenvalue weighted by Gasteiger charge is -2.15. The van der Waals surface area contributed by atoms with Crippen LogP contribution in [0.4, 0.5) is 0 Å². The van der Waals surface area contributed by atoms with Crippen LogP contribution in [-0.4, -0.2) is 0 Å². The third-order valence-electron chi connectivity index (χ3n) is 6.30. The normalized spacial score (nSPS) is 13.5. The first-order chi connectivity index (χ1) is 15.8. The third kappa shape index (κ3) is 4.98. The van der Waals surface area contributed by atoms with E-state index in [2.05, 4.69) is 121 Å². The van der Waals surface area contributed by atoms with Gasteiger partial charge in [-0.05, 0) is 70.2 Å². The average molecular weight is 413 g/mol. The maximum atomic E-state index is 2.39. The molecule has 0 aliphatic heterocycles. The van der Waals surface area contributed by atoms with Gasteiger partial charge in [0.15, 0.2) is 0 Å². The number of hydrogen-bond acceptors (Lipinski definition) is 0. The molecule has 0 aromatic heterocycles. The molecule has 0 unspecified atom stereocenters. The van der Waals surface area contributed by atoms with Gasteiger partial charge in [-0.25, -0.2) is 0 Å². The van der Waals surface area contributed by atoms with Gasteiger partial charge in [0.1, 0.15) is 0 Å². The van der Waals surface area contributed by atoms with Crippen molar-refractivity contribution in [3.63, 3.8) is 0 Å². The molecule has 0 saturated heterocycles. The summed E-state index contributed by atoms with van der Waals surface area (Å²) < 4.78 is 0. The number of hydrogen-bond donors (Lipinski definition) is 0. The van der Waals surface area contributed by atoms with E-state index in [9.17, 15) is 0 Å². The van der Waals surface area contributed by atoms with Crippen molar-refractivity contribution < 1.29 is 0 Å². The van der Waals surface area contributed by atoms with E-state index in [1.807, 2.05) is 0 Å². The van der Waals surface area contributed by atoms with Crippen LogP contribution in [0.1, 0.15) is 44.5 Å². The van der Waals surface area contributed by atoms with E-state index in [1.54, 1.807) is 0 Å². The molecule has 4 bridgehead atoms. The lowest BCUT2D eigenvalue weighted by Crippen LogP contribution is -2.02. The quantitative estimate of drug-likeness (QED) is 0.299. The van der Waals surface area contributed by atoms with Crippen molar-refractivity contribution in [2.24, 2.45) is 0 Å². The molecule has 0 nitrogen and oxygen atoms in total. The highest BCUT2D eigenvalue weighted by atomic mass is 14.1. The van der Waals surface area contributed by atoms with E-state index < -0.39 is 0 Å². The summed E-state index contributed by atoms with van der Waals surface area (Å²) in [7, 11) is 0. The van der Waals surface area contributed by atoms with Crippen LogP contribution in [0, 0.1) is 0 Å². The minimum absolute atomic E-state index is 1.04. The fourth-order valence-electron chi connectivity index (χ4n) is 4.42. The molecule has 0 spiro atoms. The summed E-state index contributed by atoms with van der Waals surface area (Å²) >= 11 is 0. The second-order valence-corrected chi connectivity index (χ2v) is 8.55. The summed E-state index contributed by atoms with van der Waals surface area (Å²) in [5.41, 5.74) is 10.8. The Morgan fingerprint density at radius 2 is 0.844 bits per heavy atom. The predicted molar refractivity (Wildman–Crippen MR) is 138 cm³/mol. The van der Waals surface area contributed by atoms with E-state index in [-0.39, 0.29) is 0 Å². The van der Waals surface area contributed by atoms with Crippen molar-refractivity contribution in [1.82, 2.24) is 0 Å². The molecule has 0 heteroatoms. The Bertz CT molecular complexity index is 1140. The van der Waals surface area contributed by atoms with Crippen molar-refractivity contribution >= 4 is 24.3 Å². The van der Waals surface area contributed by atoms with E-state index >= 15 is 0 Å². The monoisotopic (exact) mass is 412 g/mol. The number of rotatable bonds is 4. The molecule has 0 amide bonds. The molecule has 0 saturated carbocycles. The largest absolute Gasteiger partial charge is 0.0622 e. The molecule has 0 N–H and O–H groups in total. The first kappa shape index (κ1) is 20.3. The average Bonchev–Trinajstić information content (AvgIpc) is 2.84. The third-order valence-corrected chi connectivity index (χ3v) is 6.30.